The summed E-state index contributed by atoms with van der Waals surface area (Å²) in [5.41, 5.74) is 7.47. The number of benzene rings is 1. The molecule has 0 amide bonds. The average molecular weight is 329 g/mol. The summed E-state index contributed by atoms with van der Waals surface area (Å²) >= 11 is 0. The molecule has 0 unspecified atom stereocenters. The van der Waals surface area contributed by atoms with E-state index in [4.69, 9.17) is 0 Å². The largest absolute Gasteiger partial charge is 0.507 e. The number of hydrogen-bond donors (Lipinski definition) is 1. The van der Waals surface area contributed by atoms with E-state index in [1.54, 1.807) is 0 Å². The summed E-state index contributed by atoms with van der Waals surface area (Å²) in [6, 6.07) is 2.28. The molecule has 0 aliphatic rings. The molecule has 1 heteroatoms. The third kappa shape index (κ3) is 6.55. The Balaban J connectivity index is 2.81. The number of allylic oxidation sites excluding steroid dienone is 4. The van der Waals surface area contributed by atoms with Crippen molar-refractivity contribution in [2.24, 2.45) is 0 Å². The molecule has 1 nitrogen and oxygen atoms in total. The molecule has 0 aliphatic carbocycles. The third-order valence-corrected chi connectivity index (χ3v) is 4.79. The molecule has 24 heavy (non-hydrogen) atoms. The van der Waals surface area contributed by atoms with Crippen molar-refractivity contribution in [2.75, 3.05) is 0 Å². The fourth-order valence-electron chi connectivity index (χ4n) is 3.07. The average Bonchev–Trinajstić information content (AvgIpc) is 2.51. The smallest absolute Gasteiger partial charge is 0.122 e. The highest BCUT2D eigenvalue weighted by Gasteiger charge is 2.11. The molecule has 134 valence electrons. The molecule has 1 N–H and O–H groups in total. The molecule has 0 atom stereocenters. The van der Waals surface area contributed by atoms with E-state index in [9.17, 15) is 5.11 Å². The molecular formula is C23H36O. The van der Waals surface area contributed by atoms with Crippen molar-refractivity contribution in [3.63, 3.8) is 0 Å². The molecule has 0 saturated heterocycles. The molecule has 0 fully saturated rings. The van der Waals surface area contributed by atoms with Crippen molar-refractivity contribution in [2.45, 2.75) is 86.5 Å². The number of phenols is 1. The minimum absolute atomic E-state index is 0.509. The molecule has 1 aromatic rings. The van der Waals surface area contributed by atoms with Gasteiger partial charge >= 0.3 is 0 Å². The Morgan fingerprint density at radius 3 is 2.42 bits per heavy atom. The van der Waals surface area contributed by atoms with Gasteiger partial charge in [0.15, 0.2) is 0 Å². The normalized spacial score (nSPS) is 11.7. The van der Waals surface area contributed by atoms with Crippen LogP contribution in [0.2, 0.25) is 0 Å². The molecule has 0 radical (unpaired) electrons. The zero-order chi connectivity index (χ0) is 18.1. The Hall–Kier alpha value is -1.50. The van der Waals surface area contributed by atoms with Gasteiger partial charge in [0.2, 0.25) is 0 Å². The summed E-state index contributed by atoms with van der Waals surface area (Å²) in [4.78, 5) is 0. The first-order valence-corrected chi connectivity index (χ1v) is 9.46. The predicted octanol–water partition coefficient (Wildman–Crippen LogP) is 6.98. The number of aryl methyl sites for hydroxylation is 2. The lowest BCUT2D eigenvalue weighted by Gasteiger charge is -2.15. The van der Waals surface area contributed by atoms with Crippen LogP contribution < -0.4 is 0 Å². The van der Waals surface area contributed by atoms with Crippen LogP contribution in [-0.4, -0.2) is 5.11 Å². The van der Waals surface area contributed by atoms with Crippen LogP contribution in [0.15, 0.2) is 29.4 Å². The van der Waals surface area contributed by atoms with Gasteiger partial charge in [0.05, 0.1) is 0 Å². The van der Waals surface area contributed by atoms with Gasteiger partial charge in [-0.1, -0.05) is 49.1 Å². The van der Waals surface area contributed by atoms with Crippen LogP contribution in [0, 0.1) is 13.8 Å². The Morgan fingerprint density at radius 2 is 1.79 bits per heavy atom. The SMILES string of the molecule is CCCCCc1cc(C)c(C/C=C(\C)CCC=C(C)C)c(O)c1C. The summed E-state index contributed by atoms with van der Waals surface area (Å²) in [7, 11) is 0. The molecule has 0 aliphatic heterocycles. The van der Waals surface area contributed by atoms with Gasteiger partial charge < -0.3 is 5.11 Å². The van der Waals surface area contributed by atoms with Crippen LogP contribution in [0.3, 0.4) is 0 Å². The van der Waals surface area contributed by atoms with Gasteiger partial charge in [-0.2, -0.15) is 0 Å². The standard InChI is InChI=1S/C23H36O/c1-7-8-9-13-21-16-19(5)22(23(24)20(21)6)15-14-18(4)12-10-11-17(2)3/h11,14,16,24H,7-10,12-13,15H2,1-6H3/b18-14+. The van der Waals surface area contributed by atoms with Crippen LogP contribution in [-0.2, 0) is 12.8 Å². The minimum Gasteiger partial charge on any atom is -0.507 e. The van der Waals surface area contributed by atoms with Crippen LogP contribution in [0.4, 0.5) is 0 Å². The van der Waals surface area contributed by atoms with Gasteiger partial charge in [-0.15, -0.1) is 0 Å². The fraction of sp³-hybridized carbons (Fsp3) is 0.565. The number of hydrogen-bond acceptors (Lipinski definition) is 1. The van der Waals surface area contributed by atoms with Crippen molar-refractivity contribution in [3.05, 3.63) is 51.6 Å². The van der Waals surface area contributed by atoms with E-state index in [1.807, 2.05) is 0 Å². The lowest BCUT2D eigenvalue weighted by atomic mass is 9.93. The maximum Gasteiger partial charge on any atom is 0.122 e. The minimum atomic E-state index is 0.509. The van der Waals surface area contributed by atoms with Crippen molar-refractivity contribution < 1.29 is 5.11 Å². The number of unbranched alkanes of at least 4 members (excludes halogenated alkanes) is 2. The van der Waals surface area contributed by atoms with E-state index in [0.29, 0.717) is 5.75 Å². The maximum absolute atomic E-state index is 10.6. The summed E-state index contributed by atoms with van der Waals surface area (Å²) in [5, 5.41) is 10.6. The summed E-state index contributed by atoms with van der Waals surface area (Å²) in [6.07, 6.45) is 12.4. The second kappa shape index (κ2) is 10.4. The summed E-state index contributed by atoms with van der Waals surface area (Å²) < 4.78 is 0. The predicted molar refractivity (Wildman–Crippen MR) is 107 cm³/mol. The first-order valence-electron chi connectivity index (χ1n) is 9.46. The second-order valence-corrected chi connectivity index (χ2v) is 7.34. The van der Waals surface area contributed by atoms with Gasteiger partial charge in [-0.3, -0.25) is 0 Å². The molecule has 0 heterocycles. The zero-order valence-electron chi connectivity index (χ0n) is 16.6. The van der Waals surface area contributed by atoms with Gasteiger partial charge in [-0.05, 0) is 83.4 Å². The first kappa shape index (κ1) is 20.5. The summed E-state index contributed by atoms with van der Waals surface area (Å²) in [6.45, 7) is 12.9. The third-order valence-electron chi connectivity index (χ3n) is 4.79. The molecule has 0 bridgehead atoms. The number of phenolic OH excluding ortho intramolecular Hbond substituents is 1. The molecule has 0 saturated carbocycles. The van der Waals surface area contributed by atoms with E-state index < -0.39 is 0 Å². The van der Waals surface area contributed by atoms with Gasteiger partial charge in [0.1, 0.15) is 5.75 Å². The lowest BCUT2D eigenvalue weighted by Crippen LogP contribution is -1.98. The Bertz CT molecular complexity index is 587. The highest BCUT2D eigenvalue weighted by molar-refractivity contribution is 5.50. The van der Waals surface area contributed by atoms with Crippen LogP contribution in [0.1, 0.15) is 82.1 Å². The van der Waals surface area contributed by atoms with Crippen LogP contribution >= 0.6 is 0 Å². The quantitative estimate of drug-likeness (QED) is 0.383. The Morgan fingerprint density at radius 1 is 1.08 bits per heavy atom. The number of aromatic hydroxyl groups is 1. The summed E-state index contributed by atoms with van der Waals surface area (Å²) in [5.74, 6) is 0.509. The fourth-order valence-corrected chi connectivity index (χ4v) is 3.07. The molecular weight excluding hydrogens is 292 g/mol. The molecule has 1 rings (SSSR count). The van der Waals surface area contributed by atoms with E-state index >= 15 is 0 Å². The highest BCUT2D eigenvalue weighted by atomic mass is 16.3. The van der Waals surface area contributed by atoms with Crippen molar-refractivity contribution in [3.8, 4) is 5.75 Å². The van der Waals surface area contributed by atoms with Crippen LogP contribution in [0.5, 0.6) is 5.75 Å². The van der Waals surface area contributed by atoms with E-state index in [1.165, 1.54) is 41.5 Å². The Kier molecular flexibility index (Phi) is 8.89. The number of rotatable bonds is 9. The van der Waals surface area contributed by atoms with E-state index in [-0.39, 0.29) is 0 Å². The van der Waals surface area contributed by atoms with Crippen molar-refractivity contribution in [1.29, 1.82) is 0 Å². The highest BCUT2D eigenvalue weighted by Crippen LogP contribution is 2.30. The van der Waals surface area contributed by atoms with Crippen molar-refractivity contribution >= 4 is 0 Å². The first-order chi connectivity index (χ1) is 11.4. The van der Waals surface area contributed by atoms with Crippen LogP contribution in [0.25, 0.3) is 0 Å². The van der Waals surface area contributed by atoms with Gasteiger partial charge in [-0.25, -0.2) is 0 Å². The maximum atomic E-state index is 10.6. The van der Waals surface area contributed by atoms with E-state index in [2.05, 4.69) is 59.8 Å². The Labute approximate surface area is 149 Å². The molecule has 1 aromatic carbocycles. The monoisotopic (exact) mass is 328 g/mol. The molecule has 0 aromatic heterocycles. The molecule has 0 spiro atoms. The second-order valence-electron chi connectivity index (χ2n) is 7.34. The van der Waals surface area contributed by atoms with E-state index in [0.717, 1.165) is 36.8 Å². The lowest BCUT2D eigenvalue weighted by molar-refractivity contribution is 0.463. The van der Waals surface area contributed by atoms with Crippen molar-refractivity contribution in [1.82, 2.24) is 0 Å². The van der Waals surface area contributed by atoms with Gasteiger partial charge in [0.25, 0.3) is 0 Å². The topological polar surface area (TPSA) is 20.2 Å². The van der Waals surface area contributed by atoms with Gasteiger partial charge in [0, 0.05) is 5.56 Å². The zero-order valence-corrected chi connectivity index (χ0v) is 16.6.